The van der Waals surface area contributed by atoms with E-state index in [-0.39, 0.29) is 24.4 Å². The number of hydrogen-bond donors (Lipinski definition) is 0. The highest BCUT2D eigenvalue weighted by atomic mass is 35.5. The van der Waals surface area contributed by atoms with Crippen molar-refractivity contribution in [3.8, 4) is 0 Å². The van der Waals surface area contributed by atoms with Gasteiger partial charge in [-0.2, -0.15) is 4.31 Å². The number of ether oxygens (including phenoxy) is 1. The Balaban J connectivity index is 2.34. The van der Waals surface area contributed by atoms with Gasteiger partial charge in [0.05, 0.1) is 18.4 Å². The normalized spacial score (nSPS) is 11.5. The molecule has 0 N–H and O–H groups in total. The minimum Gasteiger partial charge on any atom is -0.469 e. The number of sulfonamides is 1. The highest BCUT2D eigenvalue weighted by Gasteiger charge is 2.26. The number of aryl methyl sites for hydroxylation is 1. The summed E-state index contributed by atoms with van der Waals surface area (Å²) in [6.07, 6.45) is -0.0256. The fourth-order valence-electron chi connectivity index (χ4n) is 2.27. The van der Waals surface area contributed by atoms with Crippen LogP contribution in [0.2, 0.25) is 5.02 Å². The average molecular weight is 382 g/mol. The topological polar surface area (TPSA) is 63.7 Å². The largest absolute Gasteiger partial charge is 0.469 e. The molecule has 0 aliphatic rings. The molecule has 0 amide bonds. The molecule has 0 aromatic heterocycles. The van der Waals surface area contributed by atoms with Crippen LogP contribution in [-0.2, 0) is 26.1 Å². The summed E-state index contributed by atoms with van der Waals surface area (Å²) in [4.78, 5) is 11.6. The second-order valence-electron chi connectivity index (χ2n) is 5.56. The third-order valence-corrected chi connectivity index (χ3v) is 6.02. The molecule has 0 aliphatic carbocycles. The van der Waals surface area contributed by atoms with Crippen LogP contribution >= 0.6 is 11.6 Å². The van der Waals surface area contributed by atoms with Gasteiger partial charge in [0.1, 0.15) is 0 Å². The van der Waals surface area contributed by atoms with Gasteiger partial charge in [-0.25, -0.2) is 8.42 Å². The maximum atomic E-state index is 13.0. The van der Waals surface area contributed by atoms with Gasteiger partial charge in [0.15, 0.2) is 0 Å². The van der Waals surface area contributed by atoms with Crippen molar-refractivity contribution in [2.75, 3.05) is 13.7 Å². The summed E-state index contributed by atoms with van der Waals surface area (Å²) in [5.74, 6) is -0.463. The van der Waals surface area contributed by atoms with Crippen LogP contribution in [0.1, 0.15) is 17.5 Å². The van der Waals surface area contributed by atoms with E-state index in [1.807, 2.05) is 30.3 Å². The molecule has 0 spiro atoms. The Morgan fingerprint density at radius 2 is 1.84 bits per heavy atom. The molecule has 0 unspecified atom stereocenters. The van der Waals surface area contributed by atoms with Crippen LogP contribution in [0.3, 0.4) is 0 Å². The van der Waals surface area contributed by atoms with Crippen LogP contribution < -0.4 is 0 Å². The van der Waals surface area contributed by atoms with E-state index in [2.05, 4.69) is 4.74 Å². The molecule has 0 atom stereocenters. The van der Waals surface area contributed by atoms with E-state index in [9.17, 15) is 13.2 Å². The van der Waals surface area contributed by atoms with Crippen LogP contribution in [0.25, 0.3) is 0 Å². The number of carbonyl (C=O) groups excluding carboxylic acids is 1. The maximum Gasteiger partial charge on any atom is 0.306 e. The standard InChI is InChI=1S/C18H20ClNO4S/c1-14-8-9-16(12-17(14)19)25(22,23)20(11-10-18(21)24-2)13-15-6-4-3-5-7-15/h3-9,12H,10-11,13H2,1-2H3. The molecule has 0 radical (unpaired) electrons. The van der Waals surface area contributed by atoms with Gasteiger partial charge >= 0.3 is 5.97 Å². The molecule has 2 aromatic rings. The third-order valence-electron chi connectivity index (χ3n) is 3.78. The summed E-state index contributed by atoms with van der Waals surface area (Å²) in [6.45, 7) is 1.98. The van der Waals surface area contributed by atoms with Gasteiger partial charge in [-0.05, 0) is 30.2 Å². The highest BCUT2D eigenvalue weighted by molar-refractivity contribution is 7.89. The first-order valence-electron chi connectivity index (χ1n) is 7.71. The van der Waals surface area contributed by atoms with Gasteiger partial charge in [-0.3, -0.25) is 4.79 Å². The molecule has 0 saturated carbocycles. The lowest BCUT2D eigenvalue weighted by atomic mass is 10.2. The van der Waals surface area contributed by atoms with E-state index in [1.54, 1.807) is 13.0 Å². The minimum absolute atomic E-state index is 0.0232. The zero-order chi connectivity index (χ0) is 18.4. The Morgan fingerprint density at radius 3 is 2.44 bits per heavy atom. The summed E-state index contributed by atoms with van der Waals surface area (Å²) in [5, 5.41) is 0.383. The fraction of sp³-hybridized carbons (Fsp3) is 0.278. The number of methoxy groups -OCH3 is 1. The van der Waals surface area contributed by atoms with Crippen molar-refractivity contribution < 1.29 is 17.9 Å². The van der Waals surface area contributed by atoms with Gasteiger partial charge in [0.2, 0.25) is 10.0 Å². The van der Waals surface area contributed by atoms with E-state index < -0.39 is 16.0 Å². The molecule has 0 heterocycles. The summed E-state index contributed by atoms with van der Waals surface area (Å²) in [5.41, 5.74) is 1.62. The Kier molecular flexibility index (Phi) is 6.58. The molecule has 2 aromatic carbocycles. The van der Waals surface area contributed by atoms with Crippen LogP contribution in [0, 0.1) is 6.92 Å². The predicted octanol–water partition coefficient (Wildman–Crippen LogP) is 3.40. The molecular formula is C18H20ClNO4S. The average Bonchev–Trinajstić information content (AvgIpc) is 2.61. The summed E-state index contributed by atoms with van der Waals surface area (Å²) in [7, 11) is -2.53. The number of carbonyl (C=O) groups is 1. The molecule has 0 saturated heterocycles. The molecule has 0 fully saturated rings. The van der Waals surface area contributed by atoms with Crippen LogP contribution in [0.15, 0.2) is 53.4 Å². The van der Waals surface area contributed by atoms with Gasteiger partial charge in [-0.1, -0.05) is 48.0 Å². The Morgan fingerprint density at radius 1 is 1.16 bits per heavy atom. The van der Waals surface area contributed by atoms with Crippen LogP contribution in [0.4, 0.5) is 0 Å². The maximum absolute atomic E-state index is 13.0. The first-order chi connectivity index (χ1) is 11.8. The van der Waals surface area contributed by atoms with Crippen molar-refractivity contribution in [2.24, 2.45) is 0 Å². The van der Waals surface area contributed by atoms with Crippen molar-refractivity contribution in [3.63, 3.8) is 0 Å². The fourth-order valence-corrected chi connectivity index (χ4v) is 3.97. The van der Waals surface area contributed by atoms with E-state index in [0.29, 0.717) is 5.02 Å². The number of hydrogen-bond acceptors (Lipinski definition) is 4. The number of rotatable bonds is 7. The van der Waals surface area contributed by atoms with Crippen molar-refractivity contribution in [1.82, 2.24) is 4.31 Å². The molecule has 25 heavy (non-hydrogen) atoms. The van der Waals surface area contributed by atoms with Crippen molar-refractivity contribution >= 4 is 27.6 Å². The highest BCUT2D eigenvalue weighted by Crippen LogP contribution is 2.24. The van der Waals surface area contributed by atoms with Crippen LogP contribution in [0.5, 0.6) is 0 Å². The van der Waals surface area contributed by atoms with Crippen molar-refractivity contribution in [1.29, 1.82) is 0 Å². The zero-order valence-electron chi connectivity index (χ0n) is 14.1. The quantitative estimate of drug-likeness (QED) is 0.689. The monoisotopic (exact) mass is 381 g/mol. The van der Waals surface area contributed by atoms with Crippen molar-refractivity contribution in [3.05, 3.63) is 64.7 Å². The van der Waals surface area contributed by atoms with Gasteiger partial charge in [0, 0.05) is 18.1 Å². The SMILES string of the molecule is COC(=O)CCN(Cc1ccccc1)S(=O)(=O)c1ccc(C)c(Cl)c1. The van der Waals surface area contributed by atoms with E-state index in [1.165, 1.54) is 23.5 Å². The molecule has 0 aliphatic heterocycles. The molecule has 5 nitrogen and oxygen atoms in total. The van der Waals surface area contributed by atoms with Gasteiger partial charge in [0.25, 0.3) is 0 Å². The van der Waals surface area contributed by atoms with Crippen molar-refractivity contribution in [2.45, 2.75) is 24.8 Å². The van der Waals surface area contributed by atoms with E-state index in [4.69, 9.17) is 11.6 Å². The zero-order valence-corrected chi connectivity index (χ0v) is 15.7. The summed E-state index contributed by atoms with van der Waals surface area (Å²) in [6, 6.07) is 13.8. The smallest absolute Gasteiger partial charge is 0.306 e. The summed E-state index contributed by atoms with van der Waals surface area (Å²) < 4.78 is 31.9. The number of esters is 1. The second kappa shape index (κ2) is 8.47. The Bertz CT molecular complexity index is 837. The minimum atomic E-state index is -3.80. The molecular weight excluding hydrogens is 362 g/mol. The second-order valence-corrected chi connectivity index (χ2v) is 7.91. The first kappa shape index (κ1) is 19.4. The molecule has 7 heteroatoms. The van der Waals surface area contributed by atoms with Gasteiger partial charge < -0.3 is 4.74 Å². The Labute approximate surface area is 153 Å². The Hall–Kier alpha value is -1.89. The van der Waals surface area contributed by atoms with E-state index in [0.717, 1.165) is 11.1 Å². The lowest BCUT2D eigenvalue weighted by Gasteiger charge is -2.22. The lowest BCUT2D eigenvalue weighted by Crippen LogP contribution is -2.33. The van der Waals surface area contributed by atoms with Crippen LogP contribution in [-0.4, -0.2) is 32.3 Å². The number of halogens is 1. The third kappa shape index (κ3) is 5.04. The number of nitrogens with zero attached hydrogens (tertiary/aromatic N) is 1. The molecule has 2 rings (SSSR count). The lowest BCUT2D eigenvalue weighted by molar-refractivity contribution is -0.140. The summed E-state index contributed by atoms with van der Waals surface area (Å²) >= 11 is 6.08. The number of benzene rings is 2. The molecule has 134 valence electrons. The predicted molar refractivity (Wildman–Crippen MR) is 96.9 cm³/mol. The molecule has 0 bridgehead atoms. The van der Waals surface area contributed by atoms with E-state index >= 15 is 0 Å². The first-order valence-corrected chi connectivity index (χ1v) is 9.53. The van der Waals surface area contributed by atoms with Gasteiger partial charge in [-0.15, -0.1) is 0 Å².